The molecule has 0 radical (unpaired) electrons. The average Bonchev–Trinajstić information content (AvgIpc) is 2.33. The highest BCUT2D eigenvalue weighted by Gasteiger charge is 2.25. The molecule has 10 nitrogen and oxygen atoms in total. The molecule has 0 saturated carbocycles. The van der Waals surface area contributed by atoms with Gasteiger partial charge in [0.2, 0.25) is 0 Å². The minimum absolute atomic E-state index is 0.634. The maximum atomic E-state index is 10.0. The Kier molecular flexibility index (Phi) is 1.81. The summed E-state index contributed by atoms with van der Waals surface area (Å²) in [4.78, 5) is 18.9. The SMILES string of the molecule is O=[N+]([O-])Nc1nonc1[N+](=O)[O-]. The maximum absolute atomic E-state index is 10.0. The second-order valence-corrected chi connectivity index (χ2v) is 1.56. The lowest BCUT2D eigenvalue weighted by atomic mass is 10.7. The first-order valence-electron chi connectivity index (χ1n) is 2.49. The zero-order valence-electron chi connectivity index (χ0n) is 5.33. The van der Waals surface area contributed by atoms with Crippen molar-refractivity contribution in [2.45, 2.75) is 0 Å². The number of nitrogens with one attached hydrogen (secondary N) is 1. The van der Waals surface area contributed by atoms with Gasteiger partial charge in [-0.2, -0.15) is 0 Å². The molecule has 64 valence electrons. The van der Waals surface area contributed by atoms with Crippen LogP contribution in [0.15, 0.2) is 4.63 Å². The van der Waals surface area contributed by atoms with E-state index >= 15 is 0 Å². The summed E-state index contributed by atoms with van der Waals surface area (Å²) in [6, 6.07) is 0. The minimum Gasteiger partial charge on any atom is -0.358 e. The number of aromatic nitrogens is 2. The van der Waals surface area contributed by atoms with Crippen LogP contribution < -0.4 is 5.43 Å². The standard InChI is InChI=1S/C2HN5O5/c8-6(9)2-1(3-7(10)11)4-12-5-2/h(H,3,4). The Hall–Kier alpha value is -2.26. The highest BCUT2D eigenvalue weighted by Crippen LogP contribution is 2.17. The van der Waals surface area contributed by atoms with Gasteiger partial charge in [0.05, 0.1) is 0 Å². The largest absolute Gasteiger partial charge is 0.464 e. The zero-order chi connectivity index (χ0) is 9.14. The Balaban J connectivity index is 2.91. The van der Waals surface area contributed by atoms with Gasteiger partial charge >= 0.3 is 11.6 Å². The van der Waals surface area contributed by atoms with Crippen LogP contribution in [0.1, 0.15) is 0 Å². The quantitative estimate of drug-likeness (QED) is 0.482. The molecule has 1 heterocycles. The van der Waals surface area contributed by atoms with Gasteiger partial charge in [-0.05, 0) is 4.92 Å². The summed E-state index contributed by atoms with van der Waals surface area (Å²) in [6.45, 7) is 0. The van der Waals surface area contributed by atoms with Gasteiger partial charge in [0, 0.05) is 5.16 Å². The molecule has 0 aliphatic carbocycles. The monoisotopic (exact) mass is 175 g/mol. The highest BCUT2D eigenvalue weighted by atomic mass is 16.7. The van der Waals surface area contributed by atoms with Crippen molar-refractivity contribution in [3.8, 4) is 0 Å². The van der Waals surface area contributed by atoms with Gasteiger partial charge in [0.15, 0.2) is 10.2 Å². The topological polar surface area (TPSA) is 137 Å². The van der Waals surface area contributed by atoms with Gasteiger partial charge in [-0.3, -0.25) is 0 Å². The molecule has 0 atom stereocenters. The van der Waals surface area contributed by atoms with E-state index in [0.29, 0.717) is 0 Å². The Morgan fingerprint density at radius 2 is 2.00 bits per heavy atom. The van der Waals surface area contributed by atoms with E-state index in [2.05, 4.69) is 14.9 Å². The Bertz CT molecular complexity index is 317. The number of hydrogen-bond donors (Lipinski definition) is 1. The van der Waals surface area contributed by atoms with E-state index in [1.54, 1.807) is 0 Å². The molecule has 0 amide bonds. The molecule has 12 heavy (non-hydrogen) atoms. The van der Waals surface area contributed by atoms with E-state index in [4.69, 9.17) is 0 Å². The van der Waals surface area contributed by atoms with Gasteiger partial charge in [-0.25, -0.2) is 10.1 Å². The Morgan fingerprint density at radius 1 is 1.33 bits per heavy atom. The molecule has 10 heteroatoms. The van der Waals surface area contributed by atoms with Crippen molar-refractivity contribution in [3.05, 3.63) is 20.2 Å². The van der Waals surface area contributed by atoms with Crippen LogP contribution in [0.3, 0.4) is 0 Å². The smallest absolute Gasteiger partial charge is 0.358 e. The van der Waals surface area contributed by atoms with Crippen LogP contribution >= 0.6 is 0 Å². The molecular weight excluding hydrogens is 174 g/mol. The number of hydrogen-bond acceptors (Lipinski definition) is 7. The molecule has 0 saturated heterocycles. The normalized spacial score (nSPS) is 9.33. The highest BCUT2D eigenvalue weighted by molar-refractivity contribution is 5.46. The molecule has 0 fully saturated rings. The predicted molar refractivity (Wildman–Crippen MR) is 31.6 cm³/mol. The van der Waals surface area contributed by atoms with E-state index in [9.17, 15) is 20.2 Å². The first-order valence-corrected chi connectivity index (χ1v) is 2.49. The third-order valence-electron chi connectivity index (χ3n) is 0.841. The second-order valence-electron chi connectivity index (χ2n) is 1.56. The first-order chi connectivity index (χ1) is 5.61. The summed E-state index contributed by atoms with van der Waals surface area (Å²) in [5.41, 5.74) is 1.45. The van der Waals surface area contributed by atoms with Crippen LogP contribution in [0, 0.1) is 20.2 Å². The molecule has 0 spiro atoms. The third-order valence-corrected chi connectivity index (χ3v) is 0.841. The van der Waals surface area contributed by atoms with Gasteiger partial charge < -0.3 is 10.1 Å². The van der Waals surface area contributed by atoms with Gasteiger partial charge in [-0.1, -0.05) is 5.43 Å². The predicted octanol–water partition coefficient (Wildman–Crippen LogP) is -0.419. The summed E-state index contributed by atoms with van der Waals surface area (Å²) in [5, 5.41) is 24.6. The summed E-state index contributed by atoms with van der Waals surface area (Å²) < 4.78 is 3.90. The molecule has 0 unspecified atom stereocenters. The third kappa shape index (κ3) is 1.42. The van der Waals surface area contributed by atoms with Crippen LogP contribution in [0.25, 0.3) is 0 Å². The lowest BCUT2D eigenvalue weighted by molar-refractivity contribution is -0.447. The number of nitro groups is 2. The van der Waals surface area contributed by atoms with Crippen molar-refractivity contribution in [1.29, 1.82) is 0 Å². The van der Waals surface area contributed by atoms with Gasteiger partial charge in [-0.15, -0.1) is 4.63 Å². The second kappa shape index (κ2) is 2.77. The summed E-state index contributed by atoms with van der Waals surface area (Å²) in [7, 11) is 0. The van der Waals surface area contributed by atoms with E-state index in [1.165, 1.54) is 5.43 Å². The van der Waals surface area contributed by atoms with Crippen LogP contribution in [-0.4, -0.2) is 20.3 Å². The molecular formula is C2HN5O5. The van der Waals surface area contributed by atoms with Gasteiger partial charge in [0.25, 0.3) is 0 Å². The van der Waals surface area contributed by atoms with Gasteiger partial charge in [0.1, 0.15) is 0 Å². The van der Waals surface area contributed by atoms with E-state index in [-0.39, 0.29) is 0 Å². The summed E-state index contributed by atoms with van der Waals surface area (Å²) in [5.74, 6) is -1.46. The maximum Gasteiger partial charge on any atom is 0.464 e. The molecule has 1 rings (SSSR count). The van der Waals surface area contributed by atoms with Crippen LogP contribution in [-0.2, 0) is 0 Å². The zero-order valence-corrected chi connectivity index (χ0v) is 5.33. The fourth-order valence-electron chi connectivity index (χ4n) is 0.461. The number of hydrazine groups is 1. The number of rotatable bonds is 3. The fraction of sp³-hybridized carbons (Fsp3) is 0. The first kappa shape index (κ1) is 7.84. The van der Waals surface area contributed by atoms with Crippen LogP contribution in [0.2, 0.25) is 0 Å². The molecule has 1 aromatic rings. The summed E-state index contributed by atoms with van der Waals surface area (Å²) in [6.07, 6.45) is 0. The van der Waals surface area contributed by atoms with Crippen molar-refractivity contribution in [2.75, 3.05) is 5.43 Å². The number of nitrogens with zero attached hydrogens (tertiary/aromatic N) is 4. The molecule has 0 bridgehead atoms. The van der Waals surface area contributed by atoms with Crippen molar-refractivity contribution in [1.82, 2.24) is 10.3 Å². The fourth-order valence-corrected chi connectivity index (χ4v) is 0.461. The molecule has 1 aromatic heterocycles. The van der Waals surface area contributed by atoms with E-state index < -0.39 is 21.6 Å². The van der Waals surface area contributed by atoms with Crippen molar-refractivity contribution in [3.63, 3.8) is 0 Å². The molecule has 0 aliphatic rings. The van der Waals surface area contributed by atoms with Crippen molar-refractivity contribution >= 4 is 11.6 Å². The van der Waals surface area contributed by atoms with Crippen LogP contribution in [0.4, 0.5) is 11.6 Å². The summed E-state index contributed by atoms with van der Waals surface area (Å²) >= 11 is 0. The Morgan fingerprint density at radius 3 is 2.50 bits per heavy atom. The van der Waals surface area contributed by atoms with Crippen LogP contribution in [0.5, 0.6) is 0 Å². The Labute approximate surface area is 63.4 Å². The van der Waals surface area contributed by atoms with E-state index in [0.717, 1.165) is 0 Å². The van der Waals surface area contributed by atoms with E-state index in [1.807, 2.05) is 0 Å². The lowest BCUT2D eigenvalue weighted by Gasteiger charge is -1.88. The minimum atomic E-state index is -1.01. The molecule has 0 aliphatic heterocycles. The molecule has 1 N–H and O–H groups in total. The molecule has 0 aromatic carbocycles. The number of anilines is 1. The average molecular weight is 175 g/mol. The lowest BCUT2D eigenvalue weighted by Crippen LogP contribution is -2.09. The van der Waals surface area contributed by atoms with Crippen molar-refractivity contribution in [2.24, 2.45) is 0 Å². The van der Waals surface area contributed by atoms with Crippen molar-refractivity contribution < 1.29 is 14.6 Å².